The molecule has 1 saturated heterocycles. The first-order chi connectivity index (χ1) is 8.94. The highest BCUT2D eigenvalue weighted by molar-refractivity contribution is 6.06. The zero-order valence-corrected chi connectivity index (χ0v) is 11.1. The molecule has 1 N–H and O–H groups in total. The molecule has 2 aliphatic carbocycles. The maximum atomic E-state index is 12.5. The molecule has 0 radical (unpaired) electrons. The van der Waals surface area contributed by atoms with Crippen molar-refractivity contribution in [2.45, 2.75) is 51.0 Å². The fourth-order valence-corrected chi connectivity index (χ4v) is 4.09. The summed E-state index contributed by atoms with van der Waals surface area (Å²) in [6.45, 7) is 2.07. The van der Waals surface area contributed by atoms with Crippen LogP contribution in [-0.2, 0) is 14.4 Å². The van der Waals surface area contributed by atoms with Crippen LogP contribution in [0.4, 0.5) is 0 Å². The number of nitrogens with zero attached hydrogens (tertiary/aromatic N) is 1. The Labute approximate surface area is 112 Å². The molecule has 3 aliphatic rings. The van der Waals surface area contributed by atoms with Crippen LogP contribution in [0.1, 0.15) is 45.4 Å². The number of imide groups is 1. The Morgan fingerprint density at radius 2 is 1.79 bits per heavy atom. The Kier molecular flexibility index (Phi) is 2.69. The molecule has 1 aliphatic heterocycles. The van der Waals surface area contributed by atoms with Gasteiger partial charge in [0.1, 0.15) is 0 Å². The average Bonchev–Trinajstić information content (AvgIpc) is 2.75. The molecule has 3 fully saturated rings. The Morgan fingerprint density at radius 1 is 1.26 bits per heavy atom. The van der Waals surface area contributed by atoms with Crippen LogP contribution in [0, 0.1) is 17.8 Å². The van der Waals surface area contributed by atoms with Gasteiger partial charge in [-0.2, -0.15) is 0 Å². The lowest BCUT2D eigenvalue weighted by Gasteiger charge is -2.47. The topological polar surface area (TPSA) is 74.7 Å². The van der Waals surface area contributed by atoms with E-state index < -0.39 is 11.5 Å². The first kappa shape index (κ1) is 12.6. The molecule has 0 spiro atoms. The third kappa shape index (κ3) is 1.70. The summed E-state index contributed by atoms with van der Waals surface area (Å²) in [5, 5.41) is 9.04. The van der Waals surface area contributed by atoms with Crippen LogP contribution in [0.5, 0.6) is 0 Å². The predicted molar refractivity (Wildman–Crippen MR) is 66.1 cm³/mol. The molecule has 0 bridgehead atoms. The molecule has 5 nitrogen and oxygen atoms in total. The molecule has 2 saturated carbocycles. The fraction of sp³-hybridized carbons (Fsp3) is 0.786. The van der Waals surface area contributed by atoms with Crippen LogP contribution in [0.15, 0.2) is 0 Å². The molecule has 104 valence electrons. The third-order valence-corrected chi connectivity index (χ3v) is 5.11. The van der Waals surface area contributed by atoms with Crippen molar-refractivity contribution < 1.29 is 19.5 Å². The number of rotatable bonds is 3. The summed E-state index contributed by atoms with van der Waals surface area (Å²) in [5.74, 6) is -1.10. The molecule has 19 heavy (non-hydrogen) atoms. The summed E-state index contributed by atoms with van der Waals surface area (Å²) in [6.07, 6.45) is 3.64. The monoisotopic (exact) mass is 265 g/mol. The van der Waals surface area contributed by atoms with Crippen molar-refractivity contribution in [1.29, 1.82) is 0 Å². The maximum Gasteiger partial charge on any atom is 0.305 e. The minimum atomic E-state index is -0.925. The van der Waals surface area contributed by atoms with Crippen molar-refractivity contribution in [2.24, 2.45) is 17.8 Å². The van der Waals surface area contributed by atoms with E-state index in [1.54, 1.807) is 0 Å². The number of carboxylic acid groups (broad SMARTS) is 1. The van der Waals surface area contributed by atoms with E-state index in [1.165, 1.54) is 4.90 Å². The van der Waals surface area contributed by atoms with Gasteiger partial charge in [-0.3, -0.25) is 19.3 Å². The number of carbonyl (C=O) groups is 3. The van der Waals surface area contributed by atoms with Crippen molar-refractivity contribution in [2.75, 3.05) is 0 Å². The van der Waals surface area contributed by atoms with Crippen LogP contribution >= 0.6 is 0 Å². The first-order valence-electron chi connectivity index (χ1n) is 7.04. The largest absolute Gasteiger partial charge is 0.481 e. The number of aliphatic carboxylic acids is 1. The van der Waals surface area contributed by atoms with Gasteiger partial charge >= 0.3 is 5.97 Å². The van der Waals surface area contributed by atoms with Crippen LogP contribution in [0.2, 0.25) is 0 Å². The van der Waals surface area contributed by atoms with Gasteiger partial charge in [-0.05, 0) is 38.0 Å². The lowest BCUT2D eigenvalue weighted by Crippen LogP contribution is -2.57. The van der Waals surface area contributed by atoms with E-state index >= 15 is 0 Å². The molecule has 1 heterocycles. The molecule has 2 atom stereocenters. The zero-order chi connectivity index (χ0) is 13.8. The summed E-state index contributed by atoms with van der Waals surface area (Å²) in [7, 11) is 0. The number of likely N-dealkylation sites (tertiary alicyclic amines) is 1. The number of carbonyl (C=O) groups excluding carboxylic acids is 2. The quantitative estimate of drug-likeness (QED) is 0.783. The Bertz CT molecular complexity index is 430. The van der Waals surface area contributed by atoms with E-state index in [-0.39, 0.29) is 30.1 Å². The van der Waals surface area contributed by atoms with Gasteiger partial charge in [0.15, 0.2) is 0 Å². The van der Waals surface area contributed by atoms with Crippen molar-refractivity contribution in [1.82, 2.24) is 4.90 Å². The molecule has 5 heteroatoms. The van der Waals surface area contributed by atoms with E-state index in [1.807, 2.05) is 0 Å². The second-order valence-electron chi connectivity index (χ2n) is 6.45. The smallest absolute Gasteiger partial charge is 0.305 e. The fourth-order valence-electron chi connectivity index (χ4n) is 4.09. The van der Waals surface area contributed by atoms with Gasteiger partial charge in [0.2, 0.25) is 11.8 Å². The summed E-state index contributed by atoms with van der Waals surface area (Å²) in [5.41, 5.74) is -0.715. The number of hydrogen-bond donors (Lipinski definition) is 1. The molecule has 2 unspecified atom stereocenters. The second kappa shape index (κ2) is 4.05. The zero-order valence-electron chi connectivity index (χ0n) is 11.1. The predicted octanol–water partition coefficient (Wildman–Crippen LogP) is 1.41. The van der Waals surface area contributed by atoms with Gasteiger partial charge in [0.05, 0.1) is 23.8 Å². The maximum absolute atomic E-state index is 12.5. The Morgan fingerprint density at radius 3 is 2.16 bits per heavy atom. The van der Waals surface area contributed by atoms with Crippen LogP contribution in [0.25, 0.3) is 0 Å². The van der Waals surface area contributed by atoms with E-state index in [0.29, 0.717) is 18.8 Å². The highest BCUT2D eigenvalue weighted by Gasteiger charge is 2.59. The molecular formula is C14H19NO4. The Balaban J connectivity index is 1.88. The summed E-state index contributed by atoms with van der Waals surface area (Å²) in [4.78, 5) is 37.3. The highest BCUT2D eigenvalue weighted by Crippen LogP contribution is 2.50. The lowest BCUT2D eigenvalue weighted by molar-refractivity contribution is -0.156. The van der Waals surface area contributed by atoms with E-state index in [9.17, 15) is 14.4 Å². The molecule has 3 rings (SSSR count). The van der Waals surface area contributed by atoms with Crippen molar-refractivity contribution in [3.63, 3.8) is 0 Å². The van der Waals surface area contributed by atoms with Gasteiger partial charge in [0.25, 0.3) is 0 Å². The van der Waals surface area contributed by atoms with Crippen molar-refractivity contribution >= 4 is 17.8 Å². The van der Waals surface area contributed by atoms with Gasteiger partial charge in [-0.25, -0.2) is 0 Å². The minimum absolute atomic E-state index is 0.0977. The second-order valence-corrected chi connectivity index (χ2v) is 6.45. The molecule has 0 aromatic heterocycles. The van der Waals surface area contributed by atoms with Gasteiger partial charge < -0.3 is 5.11 Å². The van der Waals surface area contributed by atoms with Crippen LogP contribution in [0.3, 0.4) is 0 Å². The van der Waals surface area contributed by atoms with E-state index in [0.717, 1.165) is 19.3 Å². The molecule has 0 aromatic rings. The third-order valence-electron chi connectivity index (χ3n) is 5.11. The van der Waals surface area contributed by atoms with Crippen molar-refractivity contribution in [3.05, 3.63) is 0 Å². The molecule has 2 amide bonds. The summed E-state index contributed by atoms with van der Waals surface area (Å²) in [6, 6.07) is 0. The molecular weight excluding hydrogens is 246 g/mol. The summed E-state index contributed by atoms with van der Waals surface area (Å²) < 4.78 is 0. The minimum Gasteiger partial charge on any atom is -0.481 e. The lowest BCUT2D eigenvalue weighted by atomic mass is 9.73. The number of carboxylic acids is 1. The first-order valence-corrected chi connectivity index (χ1v) is 7.04. The van der Waals surface area contributed by atoms with Crippen molar-refractivity contribution in [3.8, 4) is 0 Å². The normalized spacial score (nSPS) is 36.3. The average molecular weight is 265 g/mol. The SMILES string of the molecule is CC1CC2C(=O)N(C3(CC(=O)O)CCC3)C(=O)C2C1. The summed E-state index contributed by atoms with van der Waals surface area (Å²) >= 11 is 0. The number of hydrogen-bond acceptors (Lipinski definition) is 3. The number of fused-ring (bicyclic) bond motifs is 1. The van der Waals surface area contributed by atoms with Gasteiger partial charge in [-0.15, -0.1) is 0 Å². The number of amides is 2. The van der Waals surface area contributed by atoms with Crippen LogP contribution < -0.4 is 0 Å². The Hall–Kier alpha value is -1.39. The van der Waals surface area contributed by atoms with Gasteiger partial charge in [-0.1, -0.05) is 6.92 Å². The molecule has 0 aromatic carbocycles. The van der Waals surface area contributed by atoms with Gasteiger partial charge in [0, 0.05) is 0 Å². The standard InChI is InChI=1S/C14H19NO4/c1-8-5-9-10(6-8)13(19)15(12(9)18)14(3-2-4-14)7-11(16)17/h8-10H,2-7H2,1H3,(H,16,17). The highest BCUT2D eigenvalue weighted by atomic mass is 16.4. The van der Waals surface area contributed by atoms with Crippen LogP contribution in [-0.4, -0.2) is 33.3 Å². The van der Waals surface area contributed by atoms with E-state index in [2.05, 4.69) is 6.92 Å². The van der Waals surface area contributed by atoms with E-state index in [4.69, 9.17) is 5.11 Å².